The summed E-state index contributed by atoms with van der Waals surface area (Å²) in [4.78, 5) is 0. The molecule has 0 nitrogen and oxygen atoms in total. The molecule has 0 unspecified atom stereocenters. The zero-order valence-electron chi connectivity index (χ0n) is 13.2. The molecular formula is C18H34Fe. The summed E-state index contributed by atoms with van der Waals surface area (Å²) in [5, 5.41) is 0. The van der Waals surface area contributed by atoms with Crippen LogP contribution in [-0.2, 0) is 17.1 Å². The van der Waals surface area contributed by atoms with E-state index in [4.69, 9.17) is 0 Å². The van der Waals surface area contributed by atoms with Gasteiger partial charge in [-0.15, -0.1) is 0 Å². The maximum Gasteiger partial charge on any atom is 2.00 e. The smallest absolute Gasteiger partial charge is 0.358 e. The first kappa shape index (κ1) is 21.6. The van der Waals surface area contributed by atoms with E-state index in [-0.39, 0.29) is 31.9 Å². The summed E-state index contributed by atoms with van der Waals surface area (Å²) < 4.78 is 0. The van der Waals surface area contributed by atoms with Crippen LogP contribution in [0.1, 0.15) is 83.5 Å². The van der Waals surface area contributed by atoms with Crippen molar-refractivity contribution in [3.63, 3.8) is 0 Å². The van der Waals surface area contributed by atoms with Gasteiger partial charge in [-0.3, -0.25) is 0 Å². The van der Waals surface area contributed by atoms with Gasteiger partial charge in [0.2, 0.25) is 0 Å². The minimum Gasteiger partial charge on any atom is -0.358 e. The monoisotopic (exact) mass is 306 g/mol. The van der Waals surface area contributed by atoms with E-state index >= 15 is 0 Å². The van der Waals surface area contributed by atoms with Crippen LogP contribution in [0.25, 0.3) is 0 Å². The minimum atomic E-state index is 0. The van der Waals surface area contributed by atoms with Crippen LogP contribution in [0.5, 0.6) is 0 Å². The fraction of sp³-hybridized carbons (Fsp3) is 0.778. The normalized spacial score (nSPS) is 22.0. The SMILES string of the molecule is C1=C(C2CCCC2)CCCC1.C1CCCC1.[CH3-].[CH3-].[Fe+2]. The van der Waals surface area contributed by atoms with Gasteiger partial charge >= 0.3 is 17.1 Å². The molecule has 0 saturated heterocycles. The third kappa shape index (κ3) is 8.20. The summed E-state index contributed by atoms with van der Waals surface area (Å²) in [6.07, 6.45) is 21.7. The molecule has 2 fully saturated rings. The van der Waals surface area contributed by atoms with Crippen molar-refractivity contribution in [2.75, 3.05) is 0 Å². The molecule has 3 rings (SSSR count). The van der Waals surface area contributed by atoms with E-state index in [2.05, 4.69) is 6.08 Å². The number of rotatable bonds is 1. The van der Waals surface area contributed by atoms with E-state index in [0.29, 0.717) is 0 Å². The Bertz CT molecular complexity index is 202. The van der Waals surface area contributed by atoms with Gasteiger partial charge in [0, 0.05) is 0 Å². The molecule has 1 heteroatoms. The second-order valence-electron chi connectivity index (χ2n) is 5.77. The van der Waals surface area contributed by atoms with Crippen LogP contribution < -0.4 is 0 Å². The van der Waals surface area contributed by atoms with Gasteiger partial charge in [-0.25, -0.2) is 0 Å². The molecule has 0 aromatic rings. The van der Waals surface area contributed by atoms with Crippen LogP contribution in [-0.4, -0.2) is 0 Å². The number of hydrogen-bond acceptors (Lipinski definition) is 0. The Hall–Kier alpha value is 0.259. The predicted octanol–water partition coefficient (Wildman–Crippen LogP) is 6.53. The Morgan fingerprint density at radius 1 is 0.684 bits per heavy atom. The molecule has 0 aliphatic heterocycles. The van der Waals surface area contributed by atoms with Crippen molar-refractivity contribution in [3.8, 4) is 0 Å². The Morgan fingerprint density at radius 3 is 1.63 bits per heavy atom. The van der Waals surface area contributed by atoms with Crippen LogP contribution in [0.15, 0.2) is 11.6 Å². The fourth-order valence-corrected chi connectivity index (χ4v) is 3.41. The Labute approximate surface area is 133 Å². The molecule has 0 radical (unpaired) electrons. The Morgan fingerprint density at radius 2 is 1.21 bits per heavy atom. The second-order valence-corrected chi connectivity index (χ2v) is 5.77. The zero-order valence-corrected chi connectivity index (χ0v) is 14.3. The molecular weight excluding hydrogens is 272 g/mol. The van der Waals surface area contributed by atoms with E-state index < -0.39 is 0 Å². The molecule has 0 aromatic heterocycles. The van der Waals surface area contributed by atoms with E-state index in [9.17, 15) is 0 Å². The predicted molar refractivity (Wildman–Crippen MR) is 84.4 cm³/mol. The van der Waals surface area contributed by atoms with Crippen molar-refractivity contribution < 1.29 is 17.1 Å². The van der Waals surface area contributed by atoms with Crippen LogP contribution >= 0.6 is 0 Å². The van der Waals surface area contributed by atoms with Gasteiger partial charge in [-0.2, -0.15) is 0 Å². The summed E-state index contributed by atoms with van der Waals surface area (Å²) in [5.41, 5.74) is 1.81. The number of allylic oxidation sites excluding steroid dienone is 2. The molecule has 0 bridgehead atoms. The summed E-state index contributed by atoms with van der Waals surface area (Å²) in [5.74, 6) is 1.01. The average molecular weight is 306 g/mol. The van der Waals surface area contributed by atoms with Gasteiger partial charge in [0.05, 0.1) is 0 Å². The van der Waals surface area contributed by atoms with Crippen LogP contribution in [0.2, 0.25) is 0 Å². The number of hydrogen-bond donors (Lipinski definition) is 0. The average Bonchev–Trinajstić information content (AvgIpc) is 3.07. The zero-order chi connectivity index (χ0) is 11.1. The topological polar surface area (TPSA) is 0 Å². The van der Waals surface area contributed by atoms with Crippen molar-refractivity contribution in [2.45, 2.75) is 83.5 Å². The van der Waals surface area contributed by atoms with Gasteiger partial charge < -0.3 is 14.9 Å². The molecule has 0 spiro atoms. The molecule has 3 aliphatic rings. The summed E-state index contributed by atoms with van der Waals surface area (Å²) in [7, 11) is 0. The molecule has 0 amide bonds. The molecule has 0 aromatic carbocycles. The molecule has 0 atom stereocenters. The first-order valence-electron chi connectivity index (χ1n) is 7.66. The molecule has 114 valence electrons. The van der Waals surface area contributed by atoms with E-state index in [1.54, 1.807) is 0 Å². The van der Waals surface area contributed by atoms with E-state index in [1.165, 1.54) is 83.5 Å². The maximum absolute atomic E-state index is 2.53. The molecule has 0 heterocycles. The molecule has 19 heavy (non-hydrogen) atoms. The van der Waals surface area contributed by atoms with Crippen molar-refractivity contribution >= 4 is 0 Å². The maximum atomic E-state index is 2.53. The van der Waals surface area contributed by atoms with Gasteiger partial charge in [-0.1, -0.05) is 56.6 Å². The fourth-order valence-electron chi connectivity index (χ4n) is 3.41. The van der Waals surface area contributed by atoms with Crippen molar-refractivity contribution in [2.24, 2.45) is 5.92 Å². The van der Waals surface area contributed by atoms with E-state index in [1.807, 2.05) is 5.57 Å². The molecule has 0 N–H and O–H groups in total. The molecule has 3 aliphatic carbocycles. The van der Waals surface area contributed by atoms with Crippen LogP contribution in [0, 0.1) is 20.8 Å². The Kier molecular flexibility index (Phi) is 15.0. The quantitative estimate of drug-likeness (QED) is 0.294. The first-order valence-corrected chi connectivity index (χ1v) is 7.66. The van der Waals surface area contributed by atoms with Crippen molar-refractivity contribution in [3.05, 3.63) is 26.5 Å². The van der Waals surface area contributed by atoms with Gasteiger partial charge in [0.15, 0.2) is 0 Å². The van der Waals surface area contributed by atoms with Crippen LogP contribution in [0.4, 0.5) is 0 Å². The standard InChI is InChI=1S/C11H18.C5H10.2CH3.Fe/c1-2-6-10(7-3-1)11-8-4-5-9-11;1-2-4-5-3-1;;;/h6,11H,1-5,7-9H2;1-5H2;2*1H3;/q;;2*-1;+2. The summed E-state index contributed by atoms with van der Waals surface area (Å²) in [6.45, 7) is 0. The second kappa shape index (κ2) is 13.3. The minimum absolute atomic E-state index is 0. The third-order valence-corrected chi connectivity index (χ3v) is 4.46. The van der Waals surface area contributed by atoms with E-state index in [0.717, 1.165) is 5.92 Å². The van der Waals surface area contributed by atoms with Crippen molar-refractivity contribution in [1.82, 2.24) is 0 Å². The summed E-state index contributed by atoms with van der Waals surface area (Å²) >= 11 is 0. The Balaban J connectivity index is 0. The molecule has 2 saturated carbocycles. The largest absolute Gasteiger partial charge is 2.00 e. The third-order valence-electron chi connectivity index (χ3n) is 4.46. The summed E-state index contributed by atoms with van der Waals surface area (Å²) in [6, 6.07) is 0. The van der Waals surface area contributed by atoms with Crippen molar-refractivity contribution in [1.29, 1.82) is 0 Å². The van der Waals surface area contributed by atoms with Gasteiger partial charge in [-0.05, 0) is 44.4 Å². The van der Waals surface area contributed by atoms with Gasteiger partial charge in [0.25, 0.3) is 0 Å². The first-order chi connectivity index (χ1) is 7.97. The van der Waals surface area contributed by atoms with Gasteiger partial charge in [0.1, 0.15) is 0 Å². The van der Waals surface area contributed by atoms with Crippen LogP contribution in [0.3, 0.4) is 0 Å².